The van der Waals surface area contributed by atoms with Crippen molar-refractivity contribution in [3.63, 3.8) is 0 Å². The Kier molecular flexibility index (Phi) is 5.47. The Bertz CT molecular complexity index is 974. The summed E-state index contributed by atoms with van der Waals surface area (Å²) in [6.45, 7) is 7.28. The Morgan fingerprint density at radius 2 is 1.70 bits per heavy atom. The predicted molar refractivity (Wildman–Crippen MR) is 115 cm³/mol. The van der Waals surface area contributed by atoms with Gasteiger partial charge >= 0.3 is 6.03 Å². The molecule has 158 valence electrons. The van der Waals surface area contributed by atoms with Gasteiger partial charge in [-0.15, -0.1) is 0 Å². The van der Waals surface area contributed by atoms with E-state index in [2.05, 4.69) is 52.7 Å². The zero-order valence-corrected chi connectivity index (χ0v) is 17.6. The van der Waals surface area contributed by atoms with E-state index in [-0.39, 0.29) is 24.8 Å². The number of nitrogens with one attached hydrogen (secondary N) is 1. The van der Waals surface area contributed by atoms with Crippen molar-refractivity contribution >= 4 is 28.6 Å². The number of amides is 4. The molecule has 7 nitrogen and oxygen atoms in total. The lowest BCUT2D eigenvalue weighted by Gasteiger charge is -2.35. The third-order valence-electron chi connectivity index (χ3n) is 5.99. The van der Waals surface area contributed by atoms with Gasteiger partial charge in [0.25, 0.3) is 5.91 Å². The van der Waals surface area contributed by atoms with Crippen LogP contribution in [-0.2, 0) is 16.1 Å². The number of urea groups is 1. The molecule has 2 aliphatic heterocycles. The Morgan fingerprint density at radius 1 is 1.00 bits per heavy atom. The van der Waals surface area contributed by atoms with Crippen molar-refractivity contribution in [2.24, 2.45) is 0 Å². The van der Waals surface area contributed by atoms with Gasteiger partial charge in [-0.25, -0.2) is 4.79 Å². The number of carbonyl (C=O) groups is 3. The second kappa shape index (κ2) is 8.07. The first-order valence-electron chi connectivity index (χ1n) is 10.5. The Morgan fingerprint density at radius 3 is 2.40 bits per heavy atom. The van der Waals surface area contributed by atoms with E-state index in [1.165, 1.54) is 16.3 Å². The van der Waals surface area contributed by atoms with E-state index < -0.39 is 11.6 Å². The molecule has 7 heteroatoms. The molecule has 2 aliphatic rings. The molecule has 2 aromatic rings. The van der Waals surface area contributed by atoms with E-state index in [9.17, 15) is 14.4 Å². The van der Waals surface area contributed by atoms with Gasteiger partial charge in [0, 0.05) is 45.7 Å². The van der Waals surface area contributed by atoms with Crippen LogP contribution in [-0.4, -0.2) is 70.8 Å². The van der Waals surface area contributed by atoms with Gasteiger partial charge in [-0.05, 0) is 30.2 Å². The highest BCUT2D eigenvalue weighted by Crippen LogP contribution is 2.21. The first kappa shape index (κ1) is 20.3. The summed E-state index contributed by atoms with van der Waals surface area (Å²) in [5.41, 5.74) is 0.405. The largest absolute Gasteiger partial charge is 0.340 e. The number of carbonyl (C=O) groups excluding carboxylic acids is 3. The highest BCUT2D eigenvalue weighted by Gasteiger charge is 2.44. The summed E-state index contributed by atoms with van der Waals surface area (Å²) in [5.74, 6) is -0.287. The van der Waals surface area contributed by atoms with Crippen LogP contribution in [0, 0.1) is 0 Å². The summed E-state index contributed by atoms with van der Waals surface area (Å²) in [6, 6.07) is 14.4. The molecule has 2 fully saturated rings. The fourth-order valence-electron chi connectivity index (χ4n) is 4.21. The molecule has 0 saturated carbocycles. The Labute approximate surface area is 176 Å². The monoisotopic (exact) mass is 408 g/mol. The second-order valence-corrected chi connectivity index (χ2v) is 8.56. The molecule has 2 saturated heterocycles. The molecular weight excluding hydrogens is 380 g/mol. The summed E-state index contributed by atoms with van der Waals surface area (Å²) in [6.07, 6.45) is 0.165. The number of benzene rings is 2. The lowest BCUT2D eigenvalue weighted by Crippen LogP contribution is -2.49. The molecule has 0 unspecified atom stereocenters. The van der Waals surface area contributed by atoms with E-state index in [1.54, 1.807) is 13.8 Å². The standard InChI is InChI=1S/C23H28N4O3/c1-23(2)21(29)27(22(30)24-23)11-10-20(28)26-14-12-25(13-15-26)16-18-8-5-7-17-6-3-4-9-19(17)18/h3-9H,10-16H2,1-2H3,(H,24,30). The minimum absolute atomic E-state index is 0.00915. The molecule has 30 heavy (non-hydrogen) atoms. The fraction of sp³-hybridized carbons (Fsp3) is 0.435. The molecule has 0 aromatic heterocycles. The van der Waals surface area contributed by atoms with E-state index in [0.29, 0.717) is 13.1 Å². The van der Waals surface area contributed by atoms with Crippen LogP contribution in [0.4, 0.5) is 4.79 Å². The minimum atomic E-state index is -0.895. The van der Waals surface area contributed by atoms with E-state index >= 15 is 0 Å². The topological polar surface area (TPSA) is 73.0 Å². The van der Waals surface area contributed by atoms with Crippen molar-refractivity contribution in [2.45, 2.75) is 32.4 Å². The Hall–Kier alpha value is -2.93. The molecular formula is C23H28N4O3. The maximum atomic E-state index is 12.6. The van der Waals surface area contributed by atoms with Crippen molar-refractivity contribution < 1.29 is 14.4 Å². The Balaban J connectivity index is 1.29. The molecule has 1 N–H and O–H groups in total. The quantitative estimate of drug-likeness (QED) is 0.770. The highest BCUT2D eigenvalue weighted by molar-refractivity contribution is 6.06. The normalized spacial score (nSPS) is 19.4. The minimum Gasteiger partial charge on any atom is -0.340 e. The van der Waals surface area contributed by atoms with Gasteiger partial charge in [0.05, 0.1) is 0 Å². The molecule has 0 radical (unpaired) electrons. The maximum Gasteiger partial charge on any atom is 0.325 e. The van der Waals surface area contributed by atoms with Crippen LogP contribution in [0.3, 0.4) is 0 Å². The maximum absolute atomic E-state index is 12.6. The van der Waals surface area contributed by atoms with Gasteiger partial charge in [-0.3, -0.25) is 19.4 Å². The van der Waals surface area contributed by atoms with Crippen LogP contribution in [0.5, 0.6) is 0 Å². The molecule has 0 spiro atoms. The highest BCUT2D eigenvalue weighted by atomic mass is 16.2. The van der Waals surface area contributed by atoms with Gasteiger partial charge < -0.3 is 10.2 Å². The number of nitrogens with zero attached hydrogens (tertiary/aromatic N) is 3. The molecule has 4 amide bonds. The number of imide groups is 1. The zero-order chi connectivity index (χ0) is 21.3. The first-order chi connectivity index (χ1) is 14.3. The van der Waals surface area contributed by atoms with Gasteiger partial charge in [0.1, 0.15) is 5.54 Å². The van der Waals surface area contributed by atoms with Crippen molar-refractivity contribution in [2.75, 3.05) is 32.7 Å². The molecule has 0 atom stereocenters. The number of hydrogen-bond acceptors (Lipinski definition) is 4. The SMILES string of the molecule is CC1(C)NC(=O)N(CCC(=O)N2CCN(Cc3cccc4ccccc34)CC2)C1=O. The lowest BCUT2D eigenvalue weighted by molar-refractivity contribution is -0.134. The van der Waals surface area contributed by atoms with E-state index in [1.807, 2.05) is 4.90 Å². The van der Waals surface area contributed by atoms with Crippen molar-refractivity contribution in [3.05, 3.63) is 48.0 Å². The van der Waals surface area contributed by atoms with E-state index in [0.717, 1.165) is 24.5 Å². The summed E-state index contributed by atoms with van der Waals surface area (Å²) in [5, 5.41) is 5.16. The first-order valence-corrected chi connectivity index (χ1v) is 10.5. The predicted octanol–water partition coefficient (Wildman–Crippen LogP) is 2.20. The second-order valence-electron chi connectivity index (χ2n) is 8.56. The molecule has 0 bridgehead atoms. The van der Waals surface area contributed by atoms with Gasteiger partial charge in [-0.2, -0.15) is 0 Å². The van der Waals surface area contributed by atoms with Gasteiger partial charge in [0.2, 0.25) is 5.91 Å². The smallest absolute Gasteiger partial charge is 0.325 e. The number of piperazine rings is 1. The van der Waals surface area contributed by atoms with Crippen LogP contribution in [0.1, 0.15) is 25.8 Å². The number of hydrogen-bond donors (Lipinski definition) is 1. The van der Waals surface area contributed by atoms with Crippen LogP contribution < -0.4 is 5.32 Å². The van der Waals surface area contributed by atoms with Gasteiger partial charge in [-0.1, -0.05) is 42.5 Å². The van der Waals surface area contributed by atoms with E-state index in [4.69, 9.17) is 0 Å². The van der Waals surface area contributed by atoms with Crippen LogP contribution in [0.2, 0.25) is 0 Å². The molecule has 2 aromatic carbocycles. The van der Waals surface area contributed by atoms with Crippen molar-refractivity contribution in [1.82, 2.24) is 20.0 Å². The number of fused-ring (bicyclic) bond motifs is 1. The average Bonchev–Trinajstić information content (AvgIpc) is 2.93. The summed E-state index contributed by atoms with van der Waals surface area (Å²) in [4.78, 5) is 42.2. The average molecular weight is 409 g/mol. The third kappa shape index (κ3) is 4.03. The summed E-state index contributed by atoms with van der Waals surface area (Å²) < 4.78 is 0. The fourth-order valence-corrected chi connectivity index (χ4v) is 4.21. The third-order valence-corrected chi connectivity index (χ3v) is 5.99. The summed E-state index contributed by atoms with van der Waals surface area (Å²) in [7, 11) is 0. The molecule has 0 aliphatic carbocycles. The molecule has 2 heterocycles. The molecule has 4 rings (SSSR count). The summed E-state index contributed by atoms with van der Waals surface area (Å²) >= 11 is 0. The van der Waals surface area contributed by atoms with Crippen LogP contribution in [0.15, 0.2) is 42.5 Å². The van der Waals surface area contributed by atoms with Crippen LogP contribution in [0.25, 0.3) is 10.8 Å². The lowest BCUT2D eigenvalue weighted by atomic mass is 10.0. The van der Waals surface area contributed by atoms with Crippen molar-refractivity contribution in [3.8, 4) is 0 Å². The van der Waals surface area contributed by atoms with Gasteiger partial charge in [0.15, 0.2) is 0 Å². The zero-order valence-electron chi connectivity index (χ0n) is 17.6. The van der Waals surface area contributed by atoms with Crippen LogP contribution >= 0.6 is 0 Å². The van der Waals surface area contributed by atoms with Crippen molar-refractivity contribution in [1.29, 1.82) is 0 Å². The number of rotatable bonds is 5.